The van der Waals surface area contributed by atoms with Gasteiger partial charge in [0.1, 0.15) is 10.8 Å². The molecular formula is C27H34N4OS. The number of rotatable bonds is 5. The van der Waals surface area contributed by atoms with Crippen molar-refractivity contribution in [3.63, 3.8) is 0 Å². The molecule has 0 saturated heterocycles. The maximum Gasteiger partial charge on any atom is 0.196 e. The van der Waals surface area contributed by atoms with Gasteiger partial charge in [0.15, 0.2) is 5.96 Å². The molecule has 2 N–H and O–H groups in total. The highest BCUT2D eigenvalue weighted by atomic mass is 32.1. The summed E-state index contributed by atoms with van der Waals surface area (Å²) < 4.78 is 6.50. The highest BCUT2D eigenvalue weighted by Gasteiger charge is 2.18. The van der Waals surface area contributed by atoms with Gasteiger partial charge in [-0.2, -0.15) is 0 Å². The van der Waals surface area contributed by atoms with Crippen LogP contribution in [0.5, 0.6) is 5.75 Å². The molecule has 0 amide bonds. The average Bonchev–Trinajstić information content (AvgIpc) is 3.29. The van der Waals surface area contributed by atoms with Crippen LogP contribution in [0, 0.1) is 0 Å². The Labute approximate surface area is 200 Å². The second-order valence-corrected chi connectivity index (χ2v) is 10.3. The fourth-order valence-electron chi connectivity index (χ4n) is 4.93. The molecule has 2 aliphatic rings. The Hall–Kier alpha value is -2.60. The number of ether oxygens (including phenoxy) is 1. The lowest BCUT2D eigenvalue weighted by Crippen LogP contribution is -2.41. The van der Waals surface area contributed by atoms with Gasteiger partial charge in [0.05, 0.1) is 23.4 Å². The van der Waals surface area contributed by atoms with Crippen molar-refractivity contribution in [3.05, 3.63) is 42.5 Å². The van der Waals surface area contributed by atoms with Gasteiger partial charge in [-0.3, -0.25) is 0 Å². The Morgan fingerprint density at radius 2 is 1.67 bits per heavy atom. The van der Waals surface area contributed by atoms with Crippen LogP contribution in [0.4, 0.5) is 5.69 Å². The van der Waals surface area contributed by atoms with Crippen molar-refractivity contribution >= 4 is 33.2 Å². The predicted molar refractivity (Wildman–Crippen MR) is 140 cm³/mol. The standard InChI is InChI=1S/C27H34N4OS/c1-32-23-16-17-24-25(18-23)33-26(31-24)19-12-14-22(15-13-19)30-27(28-20-8-4-2-5-9-20)29-21-10-6-3-7-11-21/h12-18,20-21H,2-11H2,1H3,(H2,28,29,30). The Bertz CT molecular complexity index is 1080. The number of hydrogen-bond acceptors (Lipinski definition) is 4. The maximum absolute atomic E-state index is 5.35. The summed E-state index contributed by atoms with van der Waals surface area (Å²) in [6.45, 7) is 0. The molecule has 0 spiro atoms. The molecule has 2 saturated carbocycles. The van der Waals surface area contributed by atoms with Crippen LogP contribution in [0.15, 0.2) is 47.5 Å². The van der Waals surface area contributed by atoms with Gasteiger partial charge in [-0.15, -0.1) is 11.3 Å². The third kappa shape index (κ3) is 5.67. The van der Waals surface area contributed by atoms with Crippen LogP contribution in [0.25, 0.3) is 20.8 Å². The first-order valence-electron chi connectivity index (χ1n) is 12.4. The van der Waals surface area contributed by atoms with Gasteiger partial charge in [0.25, 0.3) is 0 Å². The molecule has 0 radical (unpaired) electrons. The number of aromatic nitrogens is 1. The number of fused-ring (bicyclic) bond motifs is 1. The van der Waals surface area contributed by atoms with Gasteiger partial charge in [0, 0.05) is 17.3 Å². The number of nitrogens with zero attached hydrogens (tertiary/aromatic N) is 2. The third-order valence-corrected chi connectivity index (χ3v) is 7.89. The van der Waals surface area contributed by atoms with Crippen LogP contribution in [0.3, 0.4) is 0 Å². The molecule has 0 unspecified atom stereocenters. The second kappa shape index (κ2) is 10.6. The van der Waals surface area contributed by atoms with Crippen LogP contribution < -0.4 is 15.4 Å². The second-order valence-electron chi connectivity index (χ2n) is 9.30. The molecule has 0 bridgehead atoms. The lowest BCUT2D eigenvalue weighted by Gasteiger charge is -2.27. The van der Waals surface area contributed by atoms with E-state index in [4.69, 9.17) is 14.7 Å². The summed E-state index contributed by atoms with van der Waals surface area (Å²) >= 11 is 1.70. The Morgan fingerprint density at radius 1 is 0.939 bits per heavy atom. The lowest BCUT2D eigenvalue weighted by molar-refractivity contribution is 0.408. The molecule has 1 heterocycles. The minimum atomic E-state index is 0.441. The fraction of sp³-hybridized carbons (Fsp3) is 0.481. The summed E-state index contributed by atoms with van der Waals surface area (Å²) in [7, 11) is 1.70. The zero-order chi connectivity index (χ0) is 22.5. The van der Waals surface area contributed by atoms with Crippen LogP contribution in [0.1, 0.15) is 64.2 Å². The Kier molecular flexibility index (Phi) is 7.10. The van der Waals surface area contributed by atoms with E-state index in [0.29, 0.717) is 12.1 Å². The molecule has 0 atom stereocenters. The van der Waals surface area contributed by atoms with E-state index in [1.165, 1.54) is 64.2 Å². The molecule has 3 aromatic rings. The molecule has 33 heavy (non-hydrogen) atoms. The lowest BCUT2D eigenvalue weighted by atomic mass is 9.95. The van der Waals surface area contributed by atoms with E-state index < -0.39 is 0 Å². The summed E-state index contributed by atoms with van der Waals surface area (Å²) in [5.41, 5.74) is 3.21. The monoisotopic (exact) mass is 462 g/mol. The molecule has 174 valence electrons. The van der Waals surface area contributed by atoms with Gasteiger partial charge in [-0.05, 0) is 68.1 Å². The van der Waals surface area contributed by atoms with Gasteiger partial charge >= 0.3 is 0 Å². The Morgan fingerprint density at radius 3 is 2.39 bits per heavy atom. The summed E-state index contributed by atoms with van der Waals surface area (Å²) in [6, 6.07) is 15.6. The van der Waals surface area contributed by atoms with Crippen LogP contribution in [0.2, 0.25) is 0 Å². The normalized spacial score (nSPS) is 18.4. The van der Waals surface area contributed by atoms with Crippen molar-refractivity contribution in [1.29, 1.82) is 0 Å². The van der Waals surface area contributed by atoms with Crippen molar-refractivity contribution in [2.75, 3.05) is 12.4 Å². The van der Waals surface area contributed by atoms with E-state index >= 15 is 0 Å². The van der Waals surface area contributed by atoms with Crippen molar-refractivity contribution in [2.45, 2.75) is 76.3 Å². The van der Waals surface area contributed by atoms with E-state index in [-0.39, 0.29) is 0 Å². The van der Waals surface area contributed by atoms with Gasteiger partial charge < -0.3 is 15.4 Å². The molecule has 0 aliphatic heterocycles. The van der Waals surface area contributed by atoms with E-state index in [2.05, 4.69) is 41.0 Å². The van der Waals surface area contributed by atoms with Crippen molar-refractivity contribution in [3.8, 4) is 16.3 Å². The van der Waals surface area contributed by atoms with Crippen molar-refractivity contribution in [2.24, 2.45) is 4.99 Å². The molecule has 2 aliphatic carbocycles. The molecule has 2 fully saturated rings. The van der Waals surface area contributed by atoms with Gasteiger partial charge in [-0.25, -0.2) is 9.98 Å². The number of nitrogens with one attached hydrogen (secondary N) is 2. The van der Waals surface area contributed by atoms with Gasteiger partial charge in [0.2, 0.25) is 0 Å². The third-order valence-electron chi connectivity index (χ3n) is 6.82. The number of thiazole rings is 1. The summed E-state index contributed by atoms with van der Waals surface area (Å²) in [5.74, 6) is 1.82. The molecule has 2 aromatic carbocycles. The van der Waals surface area contributed by atoms with Crippen LogP contribution >= 0.6 is 11.3 Å². The predicted octanol–water partition coefficient (Wildman–Crippen LogP) is 6.99. The molecule has 1 aromatic heterocycles. The number of benzene rings is 2. The number of hydrogen-bond donors (Lipinski definition) is 2. The first kappa shape index (κ1) is 22.2. The first-order chi connectivity index (χ1) is 16.3. The summed E-state index contributed by atoms with van der Waals surface area (Å²) in [5, 5.41) is 8.37. The van der Waals surface area contributed by atoms with E-state index in [1.807, 2.05) is 12.1 Å². The highest BCUT2D eigenvalue weighted by Crippen LogP contribution is 2.33. The van der Waals surface area contributed by atoms with Crippen molar-refractivity contribution < 1.29 is 4.74 Å². The van der Waals surface area contributed by atoms with Crippen LogP contribution in [-0.4, -0.2) is 30.1 Å². The smallest absolute Gasteiger partial charge is 0.196 e. The van der Waals surface area contributed by atoms with E-state index in [9.17, 15) is 0 Å². The summed E-state index contributed by atoms with van der Waals surface area (Å²) in [6.07, 6.45) is 12.8. The summed E-state index contributed by atoms with van der Waals surface area (Å²) in [4.78, 5) is 9.93. The van der Waals surface area contributed by atoms with Gasteiger partial charge in [-0.1, -0.05) is 38.5 Å². The quantitative estimate of drug-likeness (QED) is 0.317. The minimum absolute atomic E-state index is 0.441. The molecule has 5 rings (SSSR count). The first-order valence-corrected chi connectivity index (χ1v) is 13.2. The Balaban J connectivity index is 1.32. The molecule has 5 nitrogen and oxygen atoms in total. The highest BCUT2D eigenvalue weighted by molar-refractivity contribution is 7.21. The van der Waals surface area contributed by atoms with Crippen LogP contribution in [-0.2, 0) is 0 Å². The number of guanidine groups is 1. The topological polar surface area (TPSA) is 58.5 Å². The zero-order valence-electron chi connectivity index (χ0n) is 19.5. The number of aliphatic imine (C=N–C) groups is 1. The van der Waals surface area contributed by atoms with E-state index in [1.54, 1.807) is 18.4 Å². The number of anilines is 1. The minimum Gasteiger partial charge on any atom is -0.497 e. The zero-order valence-corrected chi connectivity index (χ0v) is 20.3. The number of methoxy groups -OCH3 is 1. The molecular weight excluding hydrogens is 428 g/mol. The van der Waals surface area contributed by atoms with Crippen molar-refractivity contribution in [1.82, 2.24) is 10.3 Å². The average molecular weight is 463 g/mol. The SMILES string of the molecule is COc1ccc2nc(-c3ccc(NC(=NC4CCCCC4)NC4CCCCC4)cc3)sc2c1. The largest absolute Gasteiger partial charge is 0.497 e. The van der Waals surface area contributed by atoms with E-state index in [0.717, 1.165) is 38.2 Å². The molecule has 6 heteroatoms. The maximum atomic E-state index is 5.35. The fourth-order valence-corrected chi connectivity index (χ4v) is 5.93.